The van der Waals surface area contributed by atoms with Gasteiger partial charge in [0.15, 0.2) is 0 Å². The average Bonchev–Trinajstić information content (AvgIpc) is 3.69. The second kappa shape index (κ2) is 10.4. The molecule has 0 radical (unpaired) electrons. The molecule has 9 nitrogen and oxygen atoms in total. The van der Waals surface area contributed by atoms with Crippen molar-refractivity contribution >= 4 is 34.1 Å². The average molecular weight is 552 g/mol. The molecule has 0 spiro atoms. The summed E-state index contributed by atoms with van der Waals surface area (Å²) in [5, 5.41) is 6.33. The molecule has 0 aliphatic heterocycles. The minimum absolute atomic E-state index is 0.387. The first-order valence-electron chi connectivity index (χ1n) is 13.0. The zero-order valence-electron chi connectivity index (χ0n) is 22.3. The molecule has 0 saturated heterocycles. The van der Waals surface area contributed by atoms with Gasteiger partial charge in [-0.05, 0) is 73.5 Å². The second-order valence-corrected chi connectivity index (χ2v) is 9.93. The van der Waals surface area contributed by atoms with Gasteiger partial charge in [0.2, 0.25) is 11.8 Å². The third kappa shape index (κ3) is 5.19. The lowest BCUT2D eigenvalue weighted by Crippen LogP contribution is -2.35. The lowest BCUT2D eigenvalue weighted by molar-refractivity contribution is -0.131. The maximum atomic E-state index is 13.2. The van der Waals surface area contributed by atoms with E-state index in [1.54, 1.807) is 50.0 Å². The Labute approximate surface area is 235 Å². The Morgan fingerprint density at radius 3 is 2.15 bits per heavy atom. The largest absolute Gasteiger partial charge is 0.496 e. The Balaban J connectivity index is 1.17. The van der Waals surface area contributed by atoms with E-state index in [4.69, 9.17) is 9.47 Å². The maximum Gasteiger partial charge on any atom is 0.240 e. The summed E-state index contributed by atoms with van der Waals surface area (Å²) in [7, 11) is 3.51. The number of pyridine rings is 1. The van der Waals surface area contributed by atoms with Gasteiger partial charge in [-0.25, -0.2) is 9.37 Å². The van der Waals surface area contributed by atoms with Crippen molar-refractivity contribution in [1.29, 1.82) is 0 Å². The highest BCUT2D eigenvalue weighted by atomic mass is 19.1. The second-order valence-electron chi connectivity index (χ2n) is 9.93. The monoisotopic (exact) mass is 551 g/mol. The minimum atomic E-state index is -1.15. The topological polar surface area (TPSA) is 107 Å². The molecule has 3 aromatic carbocycles. The van der Waals surface area contributed by atoms with Gasteiger partial charge in [-0.1, -0.05) is 0 Å². The molecule has 41 heavy (non-hydrogen) atoms. The summed E-state index contributed by atoms with van der Waals surface area (Å²) in [6, 6.07) is 17.9. The molecule has 2 amide bonds. The summed E-state index contributed by atoms with van der Waals surface area (Å²) in [4.78, 5) is 34.8. The molecule has 1 aliphatic carbocycles. The molecule has 2 heterocycles. The molecule has 0 bridgehead atoms. The van der Waals surface area contributed by atoms with Crippen LogP contribution in [0, 0.1) is 11.2 Å². The van der Waals surface area contributed by atoms with Crippen molar-refractivity contribution in [3.63, 3.8) is 0 Å². The zero-order valence-corrected chi connectivity index (χ0v) is 22.3. The van der Waals surface area contributed by atoms with E-state index < -0.39 is 17.1 Å². The van der Waals surface area contributed by atoms with Crippen molar-refractivity contribution < 1.29 is 23.5 Å². The van der Waals surface area contributed by atoms with Crippen molar-refractivity contribution in [3.05, 3.63) is 91.3 Å². The number of carbonyl (C=O) groups excluding carboxylic acids is 2. The standard InChI is InChI=1S/C31H26FN5O4/c1-37-17-26(34-18-37)24-15-23-25(16-28(24)40-2)33-14-11-27(23)41-22-9-7-21(8-10-22)36-30(39)31(12-13-31)29(38)35-20-5-3-19(32)4-6-20/h3-11,14-18H,12-13H2,1-2H3,(H,35,38)(H,36,39). The zero-order chi connectivity index (χ0) is 28.6. The number of halogens is 1. The van der Waals surface area contributed by atoms with Crippen molar-refractivity contribution in [2.45, 2.75) is 12.8 Å². The molecule has 206 valence electrons. The maximum absolute atomic E-state index is 13.2. The molecule has 2 aromatic heterocycles. The number of methoxy groups -OCH3 is 1. The molecule has 5 aromatic rings. The number of fused-ring (bicyclic) bond motifs is 1. The molecule has 1 aliphatic rings. The van der Waals surface area contributed by atoms with Crippen LogP contribution in [0.5, 0.6) is 17.2 Å². The number of carbonyl (C=O) groups is 2. The first kappa shape index (κ1) is 26.0. The van der Waals surface area contributed by atoms with Gasteiger partial charge >= 0.3 is 0 Å². The van der Waals surface area contributed by atoms with Crippen molar-refractivity contribution in [2.24, 2.45) is 12.5 Å². The van der Waals surface area contributed by atoms with Gasteiger partial charge in [-0.3, -0.25) is 14.6 Å². The van der Waals surface area contributed by atoms with E-state index in [9.17, 15) is 14.0 Å². The van der Waals surface area contributed by atoms with Crippen LogP contribution < -0.4 is 20.1 Å². The van der Waals surface area contributed by atoms with Gasteiger partial charge in [0, 0.05) is 47.8 Å². The number of hydrogen-bond acceptors (Lipinski definition) is 6. The minimum Gasteiger partial charge on any atom is -0.496 e. The van der Waals surface area contributed by atoms with Crippen LogP contribution in [-0.4, -0.2) is 33.5 Å². The van der Waals surface area contributed by atoms with Crippen LogP contribution >= 0.6 is 0 Å². The smallest absolute Gasteiger partial charge is 0.240 e. The number of aromatic nitrogens is 3. The molecule has 2 N–H and O–H groups in total. The number of rotatable bonds is 8. The van der Waals surface area contributed by atoms with E-state index >= 15 is 0 Å². The Kier molecular flexibility index (Phi) is 6.58. The lowest BCUT2D eigenvalue weighted by Gasteiger charge is -2.16. The van der Waals surface area contributed by atoms with Crippen LogP contribution in [0.3, 0.4) is 0 Å². The van der Waals surface area contributed by atoms with E-state index in [1.807, 2.05) is 29.9 Å². The SMILES string of the molecule is COc1cc2nccc(Oc3ccc(NC(=O)C4(C(=O)Nc5ccc(F)cc5)CC4)cc3)c2cc1-c1cn(C)cn1. The number of benzene rings is 3. The van der Waals surface area contributed by atoms with Crippen molar-refractivity contribution in [3.8, 4) is 28.5 Å². The molecule has 6 rings (SSSR count). The third-order valence-corrected chi connectivity index (χ3v) is 7.07. The van der Waals surface area contributed by atoms with E-state index in [2.05, 4.69) is 20.6 Å². The van der Waals surface area contributed by atoms with Gasteiger partial charge in [-0.15, -0.1) is 0 Å². The Hall–Kier alpha value is -5.25. The summed E-state index contributed by atoms with van der Waals surface area (Å²) in [6.45, 7) is 0. The first-order chi connectivity index (χ1) is 19.8. The van der Waals surface area contributed by atoms with Crippen LogP contribution in [0.2, 0.25) is 0 Å². The Morgan fingerprint density at radius 1 is 0.902 bits per heavy atom. The van der Waals surface area contributed by atoms with Crippen molar-refractivity contribution in [1.82, 2.24) is 14.5 Å². The van der Waals surface area contributed by atoms with Gasteiger partial charge in [0.05, 0.1) is 24.6 Å². The normalized spacial score (nSPS) is 13.4. The molecule has 0 atom stereocenters. The number of amides is 2. The van der Waals surface area contributed by atoms with Crippen LogP contribution in [0.15, 0.2) is 85.5 Å². The quantitative estimate of drug-likeness (QED) is 0.232. The van der Waals surface area contributed by atoms with Gasteiger partial charge in [-0.2, -0.15) is 0 Å². The number of aryl methyl sites for hydroxylation is 1. The van der Waals surface area contributed by atoms with E-state index in [0.29, 0.717) is 47.0 Å². The first-order valence-corrected chi connectivity index (χ1v) is 13.0. The fraction of sp³-hybridized carbons (Fsp3) is 0.161. The molecule has 1 saturated carbocycles. The molecule has 10 heteroatoms. The number of anilines is 2. The molecular formula is C31H26FN5O4. The summed E-state index contributed by atoms with van der Waals surface area (Å²) in [5.41, 5.74) is 2.11. The third-order valence-electron chi connectivity index (χ3n) is 7.07. The summed E-state index contributed by atoms with van der Waals surface area (Å²) in [5.74, 6) is 0.609. The Bertz CT molecular complexity index is 1760. The molecule has 1 fully saturated rings. The molecular weight excluding hydrogens is 525 g/mol. The lowest BCUT2D eigenvalue weighted by atomic mass is 10.0. The Morgan fingerprint density at radius 2 is 1.56 bits per heavy atom. The number of imidazole rings is 1. The van der Waals surface area contributed by atoms with E-state index in [1.165, 1.54) is 24.3 Å². The highest BCUT2D eigenvalue weighted by molar-refractivity contribution is 6.16. The number of hydrogen-bond donors (Lipinski definition) is 2. The predicted molar refractivity (Wildman–Crippen MR) is 152 cm³/mol. The predicted octanol–water partition coefficient (Wildman–Crippen LogP) is 5.93. The van der Waals surface area contributed by atoms with Crippen LogP contribution in [0.25, 0.3) is 22.2 Å². The van der Waals surface area contributed by atoms with Crippen molar-refractivity contribution in [2.75, 3.05) is 17.7 Å². The fourth-order valence-electron chi connectivity index (χ4n) is 4.61. The summed E-state index contributed by atoms with van der Waals surface area (Å²) < 4.78 is 26.8. The van der Waals surface area contributed by atoms with Crippen LogP contribution in [0.1, 0.15) is 12.8 Å². The van der Waals surface area contributed by atoms with Gasteiger partial charge in [0.25, 0.3) is 0 Å². The highest BCUT2D eigenvalue weighted by Gasteiger charge is 2.56. The fourth-order valence-corrected chi connectivity index (χ4v) is 4.61. The van der Waals surface area contributed by atoms with E-state index in [0.717, 1.165) is 16.6 Å². The number of nitrogens with zero attached hydrogens (tertiary/aromatic N) is 3. The summed E-state index contributed by atoms with van der Waals surface area (Å²) >= 11 is 0. The number of ether oxygens (including phenoxy) is 2. The molecule has 0 unspecified atom stereocenters. The van der Waals surface area contributed by atoms with Crippen LogP contribution in [-0.2, 0) is 16.6 Å². The van der Waals surface area contributed by atoms with E-state index in [-0.39, 0.29) is 5.91 Å². The summed E-state index contributed by atoms with van der Waals surface area (Å²) in [6.07, 6.45) is 6.17. The van der Waals surface area contributed by atoms with Crippen LogP contribution in [0.4, 0.5) is 15.8 Å². The number of nitrogens with one attached hydrogen (secondary N) is 2. The van der Waals surface area contributed by atoms with Gasteiger partial charge in [0.1, 0.15) is 28.5 Å². The highest BCUT2D eigenvalue weighted by Crippen LogP contribution is 2.47. The van der Waals surface area contributed by atoms with Gasteiger partial charge < -0.3 is 24.7 Å².